The van der Waals surface area contributed by atoms with Gasteiger partial charge in [-0.25, -0.2) is 4.98 Å². The zero-order chi connectivity index (χ0) is 14.7. The van der Waals surface area contributed by atoms with Crippen molar-refractivity contribution in [3.63, 3.8) is 0 Å². The highest BCUT2D eigenvalue weighted by molar-refractivity contribution is 7.09. The Morgan fingerprint density at radius 1 is 1.24 bits per heavy atom. The number of aryl methyl sites for hydroxylation is 1. The number of H-pyrrole nitrogens is 1. The van der Waals surface area contributed by atoms with Crippen molar-refractivity contribution in [2.45, 2.75) is 13.5 Å². The highest BCUT2D eigenvalue weighted by Gasteiger charge is 2.09. The average molecular weight is 297 g/mol. The van der Waals surface area contributed by atoms with Crippen molar-refractivity contribution < 1.29 is 4.79 Å². The van der Waals surface area contributed by atoms with Crippen LogP contribution in [0.5, 0.6) is 0 Å². The molecular weight excluding hydrogens is 282 g/mol. The average Bonchev–Trinajstić information content (AvgIpc) is 3.15. The lowest BCUT2D eigenvalue weighted by molar-refractivity contribution is 0.0946. The smallest absolute Gasteiger partial charge is 0.268 e. The molecule has 5 heteroatoms. The number of nitrogens with zero attached hydrogens (tertiary/aromatic N) is 1. The van der Waals surface area contributed by atoms with E-state index in [1.807, 2.05) is 48.7 Å². The first-order chi connectivity index (χ1) is 10.2. The van der Waals surface area contributed by atoms with Gasteiger partial charge in [0, 0.05) is 11.1 Å². The fourth-order valence-corrected chi connectivity index (χ4v) is 2.68. The lowest BCUT2D eigenvalue weighted by Gasteiger charge is -2.01. The zero-order valence-corrected chi connectivity index (χ0v) is 12.4. The van der Waals surface area contributed by atoms with Gasteiger partial charge in [0.1, 0.15) is 5.69 Å². The van der Waals surface area contributed by atoms with E-state index in [0.717, 1.165) is 22.0 Å². The Morgan fingerprint density at radius 3 is 2.76 bits per heavy atom. The van der Waals surface area contributed by atoms with Crippen LogP contribution in [0.15, 0.2) is 47.8 Å². The Balaban J connectivity index is 1.67. The summed E-state index contributed by atoms with van der Waals surface area (Å²) in [4.78, 5) is 19.6. The van der Waals surface area contributed by atoms with Gasteiger partial charge in [0.15, 0.2) is 0 Å². The van der Waals surface area contributed by atoms with Gasteiger partial charge in [-0.3, -0.25) is 4.79 Å². The minimum atomic E-state index is -0.122. The molecule has 2 N–H and O–H groups in total. The van der Waals surface area contributed by atoms with Crippen LogP contribution >= 0.6 is 11.3 Å². The third kappa shape index (κ3) is 3.20. The van der Waals surface area contributed by atoms with E-state index in [2.05, 4.69) is 15.3 Å². The molecule has 0 atom stereocenters. The van der Waals surface area contributed by atoms with Gasteiger partial charge in [0.25, 0.3) is 5.91 Å². The van der Waals surface area contributed by atoms with Crippen molar-refractivity contribution in [1.29, 1.82) is 0 Å². The van der Waals surface area contributed by atoms with Gasteiger partial charge < -0.3 is 10.3 Å². The first-order valence-corrected chi connectivity index (χ1v) is 7.54. The summed E-state index contributed by atoms with van der Waals surface area (Å²) in [6.45, 7) is 2.40. The molecule has 4 nitrogen and oxygen atoms in total. The highest BCUT2D eigenvalue weighted by Crippen LogP contribution is 2.17. The van der Waals surface area contributed by atoms with Gasteiger partial charge in [-0.2, -0.15) is 0 Å². The largest absolute Gasteiger partial charge is 0.351 e. The molecule has 106 valence electrons. The number of benzene rings is 1. The molecule has 0 aliphatic rings. The van der Waals surface area contributed by atoms with Crippen molar-refractivity contribution in [3.05, 3.63) is 64.2 Å². The number of rotatable bonds is 4. The summed E-state index contributed by atoms with van der Waals surface area (Å²) in [6, 6.07) is 13.6. The first kappa shape index (κ1) is 13.6. The molecule has 0 saturated carbocycles. The molecule has 0 aliphatic carbocycles. The fourth-order valence-electron chi connectivity index (χ4n) is 2.07. The second-order valence-electron chi connectivity index (χ2n) is 4.69. The van der Waals surface area contributed by atoms with Crippen molar-refractivity contribution in [3.8, 4) is 11.3 Å². The molecular formula is C16H15N3OS. The van der Waals surface area contributed by atoms with Crippen LogP contribution in [0.1, 0.15) is 21.2 Å². The van der Waals surface area contributed by atoms with Crippen LogP contribution in [-0.4, -0.2) is 15.9 Å². The zero-order valence-electron chi connectivity index (χ0n) is 11.6. The summed E-state index contributed by atoms with van der Waals surface area (Å²) >= 11 is 1.58. The second kappa shape index (κ2) is 5.93. The monoisotopic (exact) mass is 297 g/mol. The van der Waals surface area contributed by atoms with Crippen LogP contribution in [-0.2, 0) is 6.54 Å². The normalized spacial score (nSPS) is 10.5. The maximum atomic E-state index is 12.1. The van der Waals surface area contributed by atoms with Gasteiger partial charge in [-0.05, 0) is 24.6 Å². The highest BCUT2D eigenvalue weighted by atomic mass is 32.1. The Bertz CT molecular complexity index is 746. The summed E-state index contributed by atoms with van der Waals surface area (Å²) in [5, 5.41) is 5.83. The minimum Gasteiger partial charge on any atom is -0.351 e. The van der Waals surface area contributed by atoms with Crippen molar-refractivity contribution in [2.24, 2.45) is 0 Å². The van der Waals surface area contributed by atoms with Crippen molar-refractivity contribution >= 4 is 17.2 Å². The summed E-state index contributed by atoms with van der Waals surface area (Å²) in [6.07, 6.45) is 0. The van der Waals surface area contributed by atoms with Crippen molar-refractivity contribution in [1.82, 2.24) is 15.3 Å². The maximum absolute atomic E-state index is 12.1. The molecule has 0 spiro atoms. The number of aromatic nitrogens is 2. The van der Waals surface area contributed by atoms with Gasteiger partial charge in [-0.1, -0.05) is 30.3 Å². The lowest BCUT2D eigenvalue weighted by Crippen LogP contribution is -2.23. The van der Waals surface area contributed by atoms with Crippen LogP contribution in [0.3, 0.4) is 0 Å². The molecule has 2 aromatic heterocycles. The third-order valence-electron chi connectivity index (χ3n) is 3.11. The quantitative estimate of drug-likeness (QED) is 0.775. The molecule has 0 aliphatic heterocycles. The van der Waals surface area contributed by atoms with Crippen LogP contribution in [0.4, 0.5) is 0 Å². The number of amides is 1. The summed E-state index contributed by atoms with van der Waals surface area (Å²) in [7, 11) is 0. The SMILES string of the molecule is Cc1nc(CNC(=O)c2ccc(-c3ccccc3)[nH]2)cs1. The minimum absolute atomic E-state index is 0.122. The standard InChI is InChI=1S/C16H15N3OS/c1-11-18-13(10-21-11)9-17-16(20)15-8-7-14(19-15)12-5-3-2-4-6-12/h2-8,10,19H,9H2,1H3,(H,17,20). The van der Waals surface area contributed by atoms with E-state index < -0.39 is 0 Å². The van der Waals surface area contributed by atoms with Crippen LogP contribution in [0.2, 0.25) is 0 Å². The van der Waals surface area contributed by atoms with Crippen molar-refractivity contribution in [2.75, 3.05) is 0 Å². The molecule has 0 bridgehead atoms. The topological polar surface area (TPSA) is 57.8 Å². The Morgan fingerprint density at radius 2 is 2.05 bits per heavy atom. The van der Waals surface area contributed by atoms with Crippen LogP contribution in [0.25, 0.3) is 11.3 Å². The predicted octanol–water partition coefficient (Wildman–Crippen LogP) is 3.38. The Labute approximate surface area is 126 Å². The third-order valence-corrected chi connectivity index (χ3v) is 3.93. The predicted molar refractivity (Wildman–Crippen MR) is 84.2 cm³/mol. The second-order valence-corrected chi connectivity index (χ2v) is 5.75. The number of hydrogen-bond acceptors (Lipinski definition) is 3. The van der Waals surface area contributed by atoms with E-state index in [0.29, 0.717) is 12.2 Å². The lowest BCUT2D eigenvalue weighted by atomic mass is 10.2. The van der Waals surface area contributed by atoms with E-state index in [4.69, 9.17) is 0 Å². The van der Waals surface area contributed by atoms with E-state index in [1.54, 1.807) is 17.4 Å². The van der Waals surface area contributed by atoms with Crippen LogP contribution in [0, 0.1) is 6.92 Å². The van der Waals surface area contributed by atoms with Gasteiger partial charge in [-0.15, -0.1) is 11.3 Å². The number of hydrogen-bond donors (Lipinski definition) is 2. The molecule has 3 rings (SSSR count). The molecule has 21 heavy (non-hydrogen) atoms. The molecule has 0 saturated heterocycles. The molecule has 0 fully saturated rings. The molecule has 1 aromatic carbocycles. The van der Waals surface area contributed by atoms with E-state index in [-0.39, 0.29) is 5.91 Å². The summed E-state index contributed by atoms with van der Waals surface area (Å²) in [5.74, 6) is -0.122. The Kier molecular flexibility index (Phi) is 3.83. The Hall–Kier alpha value is -2.40. The molecule has 3 aromatic rings. The number of thiazole rings is 1. The number of nitrogens with one attached hydrogen (secondary N) is 2. The van der Waals surface area contributed by atoms with Gasteiger partial charge in [0.2, 0.25) is 0 Å². The maximum Gasteiger partial charge on any atom is 0.268 e. The van der Waals surface area contributed by atoms with E-state index in [9.17, 15) is 4.79 Å². The number of aromatic amines is 1. The first-order valence-electron chi connectivity index (χ1n) is 6.66. The van der Waals surface area contributed by atoms with E-state index in [1.165, 1.54) is 0 Å². The molecule has 0 unspecified atom stereocenters. The summed E-state index contributed by atoms with van der Waals surface area (Å²) < 4.78 is 0. The number of carbonyl (C=O) groups excluding carboxylic acids is 1. The molecule has 1 amide bonds. The summed E-state index contributed by atoms with van der Waals surface area (Å²) in [5.41, 5.74) is 3.44. The van der Waals surface area contributed by atoms with Gasteiger partial charge in [0.05, 0.1) is 17.2 Å². The van der Waals surface area contributed by atoms with E-state index >= 15 is 0 Å². The van der Waals surface area contributed by atoms with Gasteiger partial charge >= 0.3 is 0 Å². The molecule has 2 heterocycles. The molecule has 0 radical (unpaired) electrons. The number of carbonyl (C=O) groups is 1. The fraction of sp³-hybridized carbons (Fsp3) is 0.125. The van der Waals surface area contributed by atoms with Crippen LogP contribution < -0.4 is 5.32 Å².